The molecule has 1 fully saturated rings. The van der Waals surface area contributed by atoms with Gasteiger partial charge in [-0.15, -0.1) is 0 Å². The summed E-state index contributed by atoms with van der Waals surface area (Å²) in [4.78, 5) is 33.8. The highest BCUT2D eigenvalue weighted by atomic mass is 19.4. The van der Waals surface area contributed by atoms with E-state index in [1.165, 1.54) is 18.2 Å². The fourth-order valence-electron chi connectivity index (χ4n) is 2.91. The van der Waals surface area contributed by atoms with Gasteiger partial charge in [0.25, 0.3) is 0 Å². The molecule has 0 spiro atoms. The monoisotopic (exact) mass is 410 g/mol. The molecule has 3 rings (SSSR count). The van der Waals surface area contributed by atoms with E-state index in [9.17, 15) is 28.1 Å². The molecule has 1 aliphatic rings. The highest BCUT2D eigenvalue weighted by Crippen LogP contribution is 2.34. The Labute approximate surface area is 163 Å². The number of halogens is 3. The first-order valence-corrected chi connectivity index (χ1v) is 8.64. The van der Waals surface area contributed by atoms with Crippen molar-refractivity contribution in [3.05, 3.63) is 52.3 Å². The molecule has 1 amide bonds. The van der Waals surface area contributed by atoms with Gasteiger partial charge in [0.15, 0.2) is 0 Å². The molecular weight excluding hydrogens is 393 g/mol. The van der Waals surface area contributed by atoms with Gasteiger partial charge < -0.3 is 10.2 Å². The number of hydrogen-bond donors (Lipinski definition) is 1. The number of nitrogens with one attached hydrogen (secondary N) is 1. The van der Waals surface area contributed by atoms with Crippen molar-refractivity contribution >= 4 is 23.2 Å². The zero-order chi connectivity index (χ0) is 21.0. The van der Waals surface area contributed by atoms with Crippen LogP contribution in [0.2, 0.25) is 0 Å². The van der Waals surface area contributed by atoms with E-state index in [1.807, 2.05) is 4.90 Å². The fourth-order valence-corrected chi connectivity index (χ4v) is 2.91. The number of nitrogens with zero attached hydrogens (tertiary/aromatic N) is 5. The van der Waals surface area contributed by atoms with Crippen molar-refractivity contribution in [3.8, 4) is 0 Å². The van der Waals surface area contributed by atoms with Gasteiger partial charge in [-0.1, -0.05) is 12.1 Å². The highest BCUT2D eigenvalue weighted by Gasteiger charge is 2.33. The van der Waals surface area contributed by atoms with Crippen molar-refractivity contribution in [2.24, 2.45) is 0 Å². The maximum atomic E-state index is 13.0. The van der Waals surface area contributed by atoms with E-state index in [0.29, 0.717) is 32.1 Å². The van der Waals surface area contributed by atoms with E-state index in [1.54, 1.807) is 4.90 Å². The normalized spacial score (nSPS) is 15.2. The molecule has 0 bridgehead atoms. The lowest BCUT2D eigenvalue weighted by molar-refractivity contribution is -0.385. The number of anilines is 2. The second kappa shape index (κ2) is 8.39. The second-order valence-electron chi connectivity index (χ2n) is 6.35. The average molecular weight is 410 g/mol. The van der Waals surface area contributed by atoms with Gasteiger partial charge in [0.2, 0.25) is 11.9 Å². The number of aromatic nitrogens is 2. The minimum absolute atomic E-state index is 0.0544. The van der Waals surface area contributed by atoms with Crippen LogP contribution in [0.4, 0.5) is 30.5 Å². The average Bonchev–Trinajstić information content (AvgIpc) is 2.68. The van der Waals surface area contributed by atoms with Gasteiger partial charge in [0, 0.05) is 26.2 Å². The maximum absolute atomic E-state index is 13.0. The van der Waals surface area contributed by atoms with Crippen molar-refractivity contribution in [1.82, 2.24) is 14.9 Å². The maximum Gasteiger partial charge on any atom is 0.418 e. The van der Waals surface area contributed by atoms with E-state index in [0.717, 1.165) is 18.5 Å². The fraction of sp³-hybridized carbons (Fsp3) is 0.353. The SMILES string of the molecule is O=C(CN1CCN(c2ncc([N+](=O)[O-])cn2)CC1)Nc1ccccc1C(F)(F)F. The van der Waals surface area contributed by atoms with E-state index < -0.39 is 22.6 Å². The van der Waals surface area contributed by atoms with E-state index in [4.69, 9.17) is 0 Å². The van der Waals surface area contributed by atoms with Gasteiger partial charge in [0.05, 0.1) is 22.7 Å². The third kappa shape index (κ3) is 5.16. The molecule has 2 aromatic rings. The molecule has 9 nitrogen and oxygen atoms in total. The molecule has 1 saturated heterocycles. The third-order valence-corrected chi connectivity index (χ3v) is 4.36. The molecule has 12 heteroatoms. The molecule has 0 unspecified atom stereocenters. The van der Waals surface area contributed by atoms with Crippen molar-refractivity contribution < 1.29 is 22.9 Å². The zero-order valence-corrected chi connectivity index (χ0v) is 15.1. The molecule has 0 atom stereocenters. The summed E-state index contributed by atoms with van der Waals surface area (Å²) in [6.45, 7) is 1.83. The summed E-state index contributed by atoms with van der Waals surface area (Å²) >= 11 is 0. The van der Waals surface area contributed by atoms with Crippen LogP contribution in [-0.4, -0.2) is 58.4 Å². The number of piperazine rings is 1. The largest absolute Gasteiger partial charge is 0.418 e. The van der Waals surface area contributed by atoms with Crippen molar-refractivity contribution in [2.75, 3.05) is 42.9 Å². The number of carbonyl (C=O) groups excluding carboxylic acids is 1. The molecule has 2 heterocycles. The summed E-state index contributed by atoms with van der Waals surface area (Å²) < 4.78 is 39.0. The molecule has 1 aromatic heterocycles. The predicted octanol–water partition coefficient (Wildman–Crippen LogP) is 2.16. The molecule has 0 radical (unpaired) electrons. The van der Waals surface area contributed by atoms with Crippen LogP contribution in [0.1, 0.15) is 5.56 Å². The Hall–Kier alpha value is -3.28. The predicted molar refractivity (Wildman–Crippen MR) is 97.4 cm³/mol. The lowest BCUT2D eigenvalue weighted by Crippen LogP contribution is -2.49. The Morgan fingerprint density at radius 3 is 2.34 bits per heavy atom. The quantitative estimate of drug-likeness (QED) is 0.595. The van der Waals surface area contributed by atoms with Gasteiger partial charge in [-0.3, -0.25) is 19.8 Å². The Balaban J connectivity index is 1.53. The van der Waals surface area contributed by atoms with Crippen molar-refractivity contribution in [1.29, 1.82) is 0 Å². The van der Waals surface area contributed by atoms with Gasteiger partial charge in [-0.05, 0) is 12.1 Å². The molecule has 1 aromatic carbocycles. The first kappa shape index (κ1) is 20.5. The smallest absolute Gasteiger partial charge is 0.338 e. The van der Waals surface area contributed by atoms with E-state index in [-0.39, 0.29) is 17.9 Å². The van der Waals surface area contributed by atoms with Crippen molar-refractivity contribution in [2.45, 2.75) is 6.18 Å². The van der Waals surface area contributed by atoms with Crippen LogP contribution in [0.15, 0.2) is 36.7 Å². The number of para-hydroxylation sites is 1. The van der Waals surface area contributed by atoms with Gasteiger partial charge >= 0.3 is 11.9 Å². The van der Waals surface area contributed by atoms with Crippen LogP contribution >= 0.6 is 0 Å². The molecular formula is C17H17F3N6O3. The van der Waals surface area contributed by atoms with Crippen LogP contribution in [0.3, 0.4) is 0 Å². The van der Waals surface area contributed by atoms with Crippen LogP contribution in [0.25, 0.3) is 0 Å². The summed E-state index contributed by atoms with van der Waals surface area (Å²) in [5.41, 5.74) is -1.38. The Kier molecular flexibility index (Phi) is 5.92. The van der Waals surface area contributed by atoms with Crippen molar-refractivity contribution in [3.63, 3.8) is 0 Å². The van der Waals surface area contributed by atoms with E-state index in [2.05, 4.69) is 15.3 Å². The molecule has 154 valence electrons. The van der Waals surface area contributed by atoms with Crippen LogP contribution in [0.5, 0.6) is 0 Å². The minimum atomic E-state index is -4.56. The Bertz CT molecular complexity index is 883. The lowest BCUT2D eigenvalue weighted by atomic mass is 10.1. The highest BCUT2D eigenvalue weighted by molar-refractivity contribution is 5.93. The Morgan fingerprint density at radius 1 is 1.14 bits per heavy atom. The number of rotatable bonds is 5. The lowest BCUT2D eigenvalue weighted by Gasteiger charge is -2.34. The molecule has 1 N–H and O–H groups in total. The first-order valence-electron chi connectivity index (χ1n) is 8.64. The standard InChI is InChI=1S/C17H17F3N6O3/c18-17(19,20)13-3-1-2-4-14(13)23-15(27)11-24-5-7-25(8-6-24)16-21-9-12(10-22-16)26(28)29/h1-4,9-10H,5-8,11H2,(H,23,27). The van der Waals surface area contributed by atoms with Crippen LogP contribution in [0, 0.1) is 10.1 Å². The summed E-state index contributed by atoms with van der Waals surface area (Å²) in [5, 5.41) is 13.0. The van der Waals surface area contributed by atoms with Crippen LogP contribution < -0.4 is 10.2 Å². The molecule has 1 aliphatic heterocycles. The number of carbonyl (C=O) groups is 1. The number of nitro groups is 1. The number of amides is 1. The van der Waals surface area contributed by atoms with E-state index >= 15 is 0 Å². The topological polar surface area (TPSA) is 104 Å². The summed E-state index contributed by atoms with van der Waals surface area (Å²) in [7, 11) is 0. The van der Waals surface area contributed by atoms with Gasteiger partial charge in [-0.2, -0.15) is 13.2 Å². The minimum Gasteiger partial charge on any atom is -0.338 e. The molecule has 0 saturated carbocycles. The zero-order valence-electron chi connectivity index (χ0n) is 15.1. The summed E-state index contributed by atoms with van der Waals surface area (Å²) in [6, 6.07) is 4.81. The second-order valence-corrected chi connectivity index (χ2v) is 6.35. The third-order valence-electron chi connectivity index (χ3n) is 4.36. The molecule has 29 heavy (non-hydrogen) atoms. The van der Waals surface area contributed by atoms with Gasteiger partial charge in [0.1, 0.15) is 12.4 Å². The summed E-state index contributed by atoms with van der Waals surface area (Å²) in [6.07, 6.45) is -2.30. The van der Waals surface area contributed by atoms with Crippen LogP contribution in [-0.2, 0) is 11.0 Å². The summed E-state index contributed by atoms with van der Waals surface area (Å²) in [5.74, 6) is -0.194. The molecule has 0 aliphatic carbocycles. The number of benzene rings is 1. The Morgan fingerprint density at radius 2 is 1.76 bits per heavy atom. The first-order chi connectivity index (χ1) is 13.7. The van der Waals surface area contributed by atoms with Gasteiger partial charge in [-0.25, -0.2) is 9.97 Å². The number of hydrogen-bond acceptors (Lipinski definition) is 7. The number of alkyl halides is 3.